The predicted molar refractivity (Wildman–Crippen MR) is 111 cm³/mol. The molecule has 0 unspecified atom stereocenters. The Kier molecular flexibility index (Phi) is 5.79. The van der Waals surface area contributed by atoms with Crippen LogP contribution in [-0.2, 0) is 11.3 Å². The lowest BCUT2D eigenvalue weighted by molar-refractivity contribution is -0.118. The van der Waals surface area contributed by atoms with Crippen LogP contribution in [-0.4, -0.2) is 31.4 Å². The number of aromatic nitrogens is 4. The van der Waals surface area contributed by atoms with E-state index in [0.717, 1.165) is 22.1 Å². The molecule has 0 atom stereocenters. The maximum absolute atomic E-state index is 12.3. The number of pyridine rings is 1. The Balaban J connectivity index is 1.49. The van der Waals surface area contributed by atoms with Gasteiger partial charge in [0.1, 0.15) is 0 Å². The van der Waals surface area contributed by atoms with Gasteiger partial charge in [-0.1, -0.05) is 42.1 Å². The Hall–Kier alpha value is -2.97. The predicted octanol–water partition coefficient (Wildman–Crippen LogP) is 3.80. The number of rotatable bonds is 7. The minimum Gasteiger partial charge on any atom is -0.350 e. The molecule has 8 heteroatoms. The SMILES string of the molecule is O=C(CSc1nnc(-c2cccs2)n1-c1ccccc1)NCc1ccccn1. The number of carbonyl (C=O) groups excluding carboxylic acids is 1. The molecule has 1 aromatic carbocycles. The van der Waals surface area contributed by atoms with Gasteiger partial charge >= 0.3 is 0 Å². The van der Waals surface area contributed by atoms with Crippen molar-refractivity contribution in [2.45, 2.75) is 11.7 Å². The third-order valence-electron chi connectivity index (χ3n) is 3.91. The van der Waals surface area contributed by atoms with Crippen molar-refractivity contribution in [2.75, 3.05) is 5.75 Å². The van der Waals surface area contributed by atoms with E-state index >= 15 is 0 Å². The lowest BCUT2D eigenvalue weighted by Gasteiger charge is -2.09. The summed E-state index contributed by atoms with van der Waals surface area (Å²) in [7, 11) is 0. The first-order chi connectivity index (χ1) is 13.8. The Morgan fingerprint density at radius 3 is 2.64 bits per heavy atom. The van der Waals surface area contributed by atoms with Gasteiger partial charge in [0.2, 0.25) is 5.91 Å². The van der Waals surface area contributed by atoms with Gasteiger partial charge in [0.15, 0.2) is 11.0 Å². The molecule has 0 aliphatic carbocycles. The number of nitrogens with one attached hydrogen (secondary N) is 1. The topological polar surface area (TPSA) is 72.7 Å². The molecule has 0 saturated carbocycles. The van der Waals surface area contributed by atoms with Crippen LogP contribution in [0.2, 0.25) is 0 Å². The van der Waals surface area contributed by atoms with Gasteiger partial charge in [0.25, 0.3) is 0 Å². The van der Waals surface area contributed by atoms with Crippen molar-refractivity contribution in [3.05, 3.63) is 77.9 Å². The molecule has 28 heavy (non-hydrogen) atoms. The zero-order valence-corrected chi connectivity index (χ0v) is 16.5. The molecule has 0 radical (unpaired) electrons. The molecule has 0 saturated heterocycles. The molecule has 0 fully saturated rings. The molecule has 0 aliphatic rings. The second-order valence-electron chi connectivity index (χ2n) is 5.84. The number of thiophene rings is 1. The molecule has 4 aromatic rings. The first-order valence-corrected chi connectivity index (χ1v) is 10.5. The highest BCUT2D eigenvalue weighted by Gasteiger charge is 2.17. The van der Waals surface area contributed by atoms with Gasteiger partial charge in [-0.25, -0.2) is 0 Å². The molecule has 0 bridgehead atoms. The molecular weight excluding hydrogens is 390 g/mol. The number of thioether (sulfide) groups is 1. The van der Waals surface area contributed by atoms with E-state index in [1.165, 1.54) is 11.8 Å². The molecule has 4 rings (SSSR count). The molecule has 0 aliphatic heterocycles. The minimum atomic E-state index is -0.0732. The van der Waals surface area contributed by atoms with Crippen LogP contribution in [0.25, 0.3) is 16.4 Å². The molecule has 3 heterocycles. The van der Waals surface area contributed by atoms with Crippen molar-refractivity contribution in [1.82, 2.24) is 25.1 Å². The molecular formula is C20H17N5OS2. The summed E-state index contributed by atoms with van der Waals surface area (Å²) in [6.07, 6.45) is 1.71. The number of carbonyl (C=O) groups is 1. The van der Waals surface area contributed by atoms with Crippen LogP contribution in [0.3, 0.4) is 0 Å². The van der Waals surface area contributed by atoms with Crippen LogP contribution in [0.5, 0.6) is 0 Å². The van der Waals surface area contributed by atoms with Crippen molar-refractivity contribution in [3.8, 4) is 16.4 Å². The van der Waals surface area contributed by atoms with Crippen molar-refractivity contribution < 1.29 is 4.79 Å². The van der Waals surface area contributed by atoms with Crippen LogP contribution in [0, 0.1) is 0 Å². The summed E-state index contributed by atoms with van der Waals surface area (Å²) in [5.74, 6) is 0.955. The van der Waals surface area contributed by atoms with Gasteiger partial charge < -0.3 is 5.32 Å². The summed E-state index contributed by atoms with van der Waals surface area (Å²) in [6.45, 7) is 0.409. The quantitative estimate of drug-likeness (QED) is 0.472. The summed E-state index contributed by atoms with van der Waals surface area (Å²) in [5.41, 5.74) is 1.79. The second kappa shape index (κ2) is 8.81. The van der Waals surface area contributed by atoms with E-state index in [9.17, 15) is 4.79 Å². The van der Waals surface area contributed by atoms with Crippen LogP contribution < -0.4 is 5.32 Å². The van der Waals surface area contributed by atoms with E-state index in [2.05, 4.69) is 20.5 Å². The number of para-hydroxylation sites is 1. The van der Waals surface area contributed by atoms with Crippen LogP contribution in [0.1, 0.15) is 5.69 Å². The van der Waals surface area contributed by atoms with Crippen LogP contribution in [0.4, 0.5) is 0 Å². The highest BCUT2D eigenvalue weighted by molar-refractivity contribution is 7.99. The van der Waals surface area contributed by atoms with E-state index in [1.54, 1.807) is 17.5 Å². The zero-order valence-electron chi connectivity index (χ0n) is 14.9. The van der Waals surface area contributed by atoms with Gasteiger partial charge in [-0.3, -0.25) is 14.3 Å². The highest BCUT2D eigenvalue weighted by Crippen LogP contribution is 2.30. The van der Waals surface area contributed by atoms with E-state index in [1.807, 2.05) is 70.6 Å². The smallest absolute Gasteiger partial charge is 0.230 e. The van der Waals surface area contributed by atoms with Gasteiger partial charge in [-0.15, -0.1) is 21.5 Å². The maximum atomic E-state index is 12.3. The fraction of sp³-hybridized carbons (Fsp3) is 0.100. The molecule has 3 aromatic heterocycles. The molecule has 140 valence electrons. The number of hydrogen-bond donors (Lipinski definition) is 1. The number of nitrogens with zero attached hydrogens (tertiary/aromatic N) is 4. The Bertz CT molecular complexity index is 1030. The lowest BCUT2D eigenvalue weighted by atomic mass is 10.3. The van der Waals surface area contributed by atoms with Gasteiger partial charge in [-0.05, 0) is 35.7 Å². The Morgan fingerprint density at radius 1 is 1.04 bits per heavy atom. The van der Waals surface area contributed by atoms with Gasteiger partial charge in [0.05, 0.1) is 22.9 Å². The van der Waals surface area contributed by atoms with Crippen molar-refractivity contribution in [1.29, 1.82) is 0 Å². The van der Waals surface area contributed by atoms with Crippen molar-refractivity contribution in [3.63, 3.8) is 0 Å². The minimum absolute atomic E-state index is 0.0732. The summed E-state index contributed by atoms with van der Waals surface area (Å²) in [4.78, 5) is 17.5. The molecule has 1 amide bonds. The second-order valence-corrected chi connectivity index (χ2v) is 7.73. The summed E-state index contributed by atoms with van der Waals surface area (Å²) < 4.78 is 1.99. The normalized spacial score (nSPS) is 10.7. The largest absolute Gasteiger partial charge is 0.350 e. The van der Waals surface area contributed by atoms with Crippen molar-refractivity contribution >= 4 is 29.0 Å². The highest BCUT2D eigenvalue weighted by atomic mass is 32.2. The molecule has 1 N–H and O–H groups in total. The number of amides is 1. The fourth-order valence-electron chi connectivity index (χ4n) is 2.61. The summed E-state index contributed by atoms with van der Waals surface area (Å²) >= 11 is 2.97. The van der Waals surface area contributed by atoms with E-state index in [4.69, 9.17) is 0 Å². The first-order valence-electron chi connectivity index (χ1n) is 8.65. The summed E-state index contributed by atoms with van der Waals surface area (Å²) in [6, 6.07) is 19.6. The summed E-state index contributed by atoms with van der Waals surface area (Å²) in [5, 5.41) is 14.3. The van der Waals surface area contributed by atoms with Crippen LogP contribution >= 0.6 is 23.1 Å². The number of hydrogen-bond acceptors (Lipinski definition) is 6. The Labute approximate surface area is 170 Å². The average molecular weight is 408 g/mol. The van der Waals surface area contributed by atoms with Gasteiger partial charge in [-0.2, -0.15) is 0 Å². The average Bonchev–Trinajstić information content (AvgIpc) is 3.41. The first kappa shape index (κ1) is 18.4. The van der Waals surface area contributed by atoms with E-state index in [0.29, 0.717) is 11.7 Å². The standard InChI is InChI=1S/C20H17N5OS2/c26-18(22-13-15-7-4-5-11-21-15)14-28-20-24-23-19(17-10-6-12-27-17)25(20)16-8-2-1-3-9-16/h1-12H,13-14H2,(H,22,26). The fourth-order valence-corrected chi connectivity index (χ4v) is 4.09. The molecule has 0 spiro atoms. The van der Waals surface area contributed by atoms with E-state index in [-0.39, 0.29) is 11.7 Å². The van der Waals surface area contributed by atoms with Crippen molar-refractivity contribution in [2.24, 2.45) is 0 Å². The van der Waals surface area contributed by atoms with Gasteiger partial charge in [0, 0.05) is 11.9 Å². The number of benzene rings is 1. The zero-order chi connectivity index (χ0) is 19.2. The Morgan fingerprint density at radius 2 is 1.89 bits per heavy atom. The van der Waals surface area contributed by atoms with Crippen LogP contribution in [0.15, 0.2) is 77.4 Å². The monoisotopic (exact) mass is 407 g/mol. The molecule has 6 nitrogen and oxygen atoms in total. The lowest BCUT2D eigenvalue weighted by Crippen LogP contribution is -2.25. The van der Waals surface area contributed by atoms with E-state index < -0.39 is 0 Å². The maximum Gasteiger partial charge on any atom is 0.230 e. The third kappa shape index (κ3) is 4.29. The third-order valence-corrected chi connectivity index (χ3v) is 5.71.